The number of fused-ring (bicyclic) bond motifs is 1. The second-order valence-corrected chi connectivity index (χ2v) is 3.97. The first-order valence-electron chi connectivity index (χ1n) is 5.40. The normalized spacial score (nSPS) is 18.6. The monoisotopic (exact) mass is 217 g/mol. The molecule has 1 aromatic rings. The summed E-state index contributed by atoms with van der Waals surface area (Å²) in [6, 6.07) is 5.97. The molecule has 0 saturated carbocycles. The number of ether oxygens (including phenoxy) is 1. The van der Waals surface area contributed by atoms with Gasteiger partial charge in [0.05, 0.1) is 23.0 Å². The smallest absolute Gasteiger partial charge is 0.144 e. The predicted molar refractivity (Wildman–Crippen MR) is 63.5 cm³/mol. The van der Waals surface area contributed by atoms with E-state index in [2.05, 4.69) is 24.8 Å². The van der Waals surface area contributed by atoms with Gasteiger partial charge in [0.15, 0.2) is 0 Å². The molecule has 1 heterocycles. The van der Waals surface area contributed by atoms with Crippen molar-refractivity contribution in [2.45, 2.75) is 19.9 Å². The summed E-state index contributed by atoms with van der Waals surface area (Å²) >= 11 is 0. The van der Waals surface area contributed by atoms with Gasteiger partial charge in [-0.2, -0.15) is 5.26 Å². The van der Waals surface area contributed by atoms with Crippen LogP contribution in [0.25, 0.3) is 0 Å². The summed E-state index contributed by atoms with van der Waals surface area (Å²) in [7, 11) is 0. The highest BCUT2D eigenvalue weighted by Crippen LogP contribution is 2.36. The van der Waals surface area contributed by atoms with Crippen LogP contribution in [0.4, 0.5) is 11.4 Å². The highest BCUT2D eigenvalue weighted by atomic mass is 16.5. The summed E-state index contributed by atoms with van der Waals surface area (Å²) in [5.74, 6) is 0.774. The lowest BCUT2D eigenvalue weighted by atomic mass is 10.1. The lowest BCUT2D eigenvalue weighted by Gasteiger charge is -2.36. The summed E-state index contributed by atoms with van der Waals surface area (Å²) < 4.78 is 5.62. The van der Waals surface area contributed by atoms with E-state index in [1.54, 1.807) is 6.07 Å². The number of nitrogens with two attached hydrogens (primary N) is 1. The largest absolute Gasteiger partial charge is 0.489 e. The molecular formula is C12H15N3O. The van der Waals surface area contributed by atoms with Gasteiger partial charge in [0.2, 0.25) is 0 Å². The SMILES string of the molecule is CCN1c2cc(C#N)c(N)cc2OC[C@H]1C. The molecule has 2 N–H and O–H groups in total. The summed E-state index contributed by atoms with van der Waals surface area (Å²) in [5, 5.41) is 8.96. The summed E-state index contributed by atoms with van der Waals surface area (Å²) in [6.07, 6.45) is 0. The zero-order valence-electron chi connectivity index (χ0n) is 9.53. The molecule has 4 heteroatoms. The Morgan fingerprint density at radius 2 is 2.38 bits per heavy atom. The van der Waals surface area contributed by atoms with E-state index in [9.17, 15) is 0 Å². The molecule has 0 amide bonds. The van der Waals surface area contributed by atoms with Gasteiger partial charge in [-0.25, -0.2) is 0 Å². The van der Waals surface area contributed by atoms with E-state index in [1.807, 2.05) is 6.07 Å². The zero-order valence-corrected chi connectivity index (χ0v) is 9.53. The number of nitrogen functional groups attached to an aromatic ring is 1. The Hall–Kier alpha value is -1.89. The van der Waals surface area contributed by atoms with Gasteiger partial charge in [0.25, 0.3) is 0 Å². The molecule has 1 aromatic carbocycles. The fraction of sp³-hybridized carbons (Fsp3) is 0.417. The van der Waals surface area contributed by atoms with Crippen molar-refractivity contribution in [1.29, 1.82) is 5.26 Å². The third-order valence-corrected chi connectivity index (χ3v) is 2.91. The number of likely N-dealkylation sites (N-methyl/N-ethyl adjacent to an activating group) is 1. The van der Waals surface area contributed by atoms with E-state index in [-0.39, 0.29) is 0 Å². The van der Waals surface area contributed by atoms with Crippen LogP contribution in [0.3, 0.4) is 0 Å². The maximum absolute atomic E-state index is 8.96. The van der Waals surface area contributed by atoms with Crippen LogP contribution >= 0.6 is 0 Å². The molecular weight excluding hydrogens is 202 g/mol. The van der Waals surface area contributed by atoms with Gasteiger partial charge in [-0.3, -0.25) is 0 Å². The van der Waals surface area contributed by atoms with E-state index in [4.69, 9.17) is 15.7 Å². The second kappa shape index (κ2) is 3.93. The van der Waals surface area contributed by atoms with Crippen molar-refractivity contribution < 1.29 is 4.74 Å². The first-order valence-corrected chi connectivity index (χ1v) is 5.40. The standard InChI is InChI=1S/C12H15N3O/c1-3-15-8(2)7-16-12-5-10(14)9(6-13)4-11(12)15/h4-5,8H,3,7,14H2,1-2H3/t8-/m1/s1. The number of hydrogen-bond acceptors (Lipinski definition) is 4. The molecule has 0 unspecified atom stereocenters. The fourth-order valence-corrected chi connectivity index (χ4v) is 2.04. The minimum Gasteiger partial charge on any atom is -0.489 e. The van der Waals surface area contributed by atoms with Crippen LogP contribution in [0.5, 0.6) is 5.75 Å². The lowest BCUT2D eigenvalue weighted by molar-refractivity contribution is 0.271. The van der Waals surface area contributed by atoms with Crippen molar-refractivity contribution in [3.63, 3.8) is 0 Å². The van der Waals surface area contributed by atoms with Crippen LogP contribution in [0.2, 0.25) is 0 Å². The van der Waals surface area contributed by atoms with Crippen molar-refractivity contribution in [2.75, 3.05) is 23.8 Å². The molecule has 0 spiro atoms. The van der Waals surface area contributed by atoms with Gasteiger partial charge in [0, 0.05) is 12.6 Å². The molecule has 4 nitrogen and oxygen atoms in total. The molecule has 0 radical (unpaired) electrons. The third kappa shape index (κ3) is 1.54. The van der Waals surface area contributed by atoms with E-state index in [0.717, 1.165) is 18.0 Å². The summed E-state index contributed by atoms with van der Waals surface area (Å²) in [6.45, 7) is 5.75. The molecule has 1 aliphatic heterocycles. The molecule has 0 saturated heterocycles. The van der Waals surface area contributed by atoms with E-state index >= 15 is 0 Å². The first-order chi connectivity index (χ1) is 7.67. The van der Waals surface area contributed by atoms with Crippen LogP contribution in [-0.2, 0) is 0 Å². The Labute approximate surface area is 95.2 Å². The number of nitriles is 1. The zero-order chi connectivity index (χ0) is 11.7. The predicted octanol–water partition coefficient (Wildman–Crippen LogP) is 1.75. The fourth-order valence-electron chi connectivity index (χ4n) is 2.04. The minimum atomic E-state index is 0.327. The number of nitrogens with zero attached hydrogens (tertiary/aromatic N) is 2. The average Bonchev–Trinajstić information content (AvgIpc) is 2.28. The summed E-state index contributed by atoms with van der Waals surface area (Å²) in [4.78, 5) is 2.22. The highest BCUT2D eigenvalue weighted by Gasteiger charge is 2.24. The molecule has 84 valence electrons. The van der Waals surface area contributed by atoms with Gasteiger partial charge in [-0.1, -0.05) is 0 Å². The molecule has 2 rings (SSSR count). The van der Waals surface area contributed by atoms with Crippen molar-refractivity contribution in [1.82, 2.24) is 0 Å². The van der Waals surface area contributed by atoms with Crippen LogP contribution < -0.4 is 15.4 Å². The topological polar surface area (TPSA) is 62.3 Å². The Bertz CT molecular complexity index is 450. The van der Waals surface area contributed by atoms with Crippen molar-refractivity contribution in [2.24, 2.45) is 0 Å². The van der Waals surface area contributed by atoms with Crippen molar-refractivity contribution in [3.05, 3.63) is 17.7 Å². The number of rotatable bonds is 1. The Morgan fingerprint density at radius 1 is 1.62 bits per heavy atom. The number of hydrogen-bond donors (Lipinski definition) is 1. The Balaban J connectivity index is 2.53. The van der Waals surface area contributed by atoms with Gasteiger partial charge in [0.1, 0.15) is 18.4 Å². The van der Waals surface area contributed by atoms with E-state index in [0.29, 0.717) is 23.9 Å². The molecule has 0 fully saturated rings. The minimum absolute atomic E-state index is 0.327. The molecule has 0 aliphatic carbocycles. The van der Waals surface area contributed by atoms with Crippen LogP contribution in [0, 0.1) is 11.3 Å². The maximum Gasteiger partial charge on any atom is 0.144 e. The quantitative estimate of drug-likeness (QED) is 0.728. The molecule has 16 heavy (non-hydrogen) atoms. The van der Waals surface area contributed by atoms with Crippen LogP contribution in [0.1, 0.15) is 19.4 Å². The van der Waals surface area contributed by atoms with Gasteiger partial charge in [-0.05, 0) is 19.9 Å². The molecule has 0 aromatic heterocycles. The van der Waals surface area contributed by atoms with Crippen LogP contribution in [-0.4, -0.2) is 19.2 Å². The second-order valence-electron chi connectivity index (χ2n) is 3.97. The molecule has 0 bridgehead atoms. The first kappa shape index (κ1) is 10.6. The van der Waals surface area contributed by atoms with E-state index < -0.39 is 0 Å². The highest BCUT2D eigenvalue weighted by molar-refractivity contribution is 5.71. The van der Waals surface area contributed by atoms with Gasteiger partial charge < -0.3 is 15.4 Å². The van der Waals surface area contributed by atoms with Gasteiger partial charge in [-0.15, -0.1) is 0 Å². The Kier molecular flexibility index (Phi) is 2.61. The average molecular weight is 217 g/mol. The molecule has 1 atom stereocenters. The van der Waals surface area contributed by atoms with E-state index in [1.165, 1.54) is 0 Å². The van der Waals surface area contributed by atoms with Gasteiger partial charge >= 0.3 is 0 Å². The van der Waals surface area contributed by atoms with Crippen molar-refractivity contribution >= 4 is 11.4 Å². The van der Waals surface area contributed by atoms with Crippen molar-refractivity contribution in [3.8, 4) is 11.8 Å². The third-order valence-electron chi connectivity index (χ3n) is 2.91. The Morgan fingerprint density at radius 3 is 3.00 bits per heavy atom. The number of benzene rings is 1. The van der Waals surface area contributed by atoms with Crippen LogP contribution in [0.15, 0.2) is 12.1 Å². The molecule has 1 aliphatic rings. The summed E-state index contributed by atoms with van der Waals surface area (Å²) in [5.41, 5.74) is 7.71. The number of anilines is 2. The lowest BCUT2D eigenvalue weighted by Crippen LogP contribution is -2.40. The maximum atomic E-state index is 8.96.